The number of hydrogen-bond donors (Lipinski definition) is 2. The third kappa shape index (κ3) is 3.58. The van der Waals surface area contributed by atoms with Gasteiger partial charge in [-0.3, -0.25) is 4.79 Å². The molecule has 22 heavy (non-hydrogen) atoms. The first-order valence-electron chi connectivity index (χ1n) is 7.72. The number of carbonyl (C=O) groups is 2. The maximum atomic E-state index is 12.2. The van der Waals surface area contributed by atoms with E-state index in [-0.39, 0.29) is 18.5 Å². The molecule has 1 saturated carbocycles. The second kappa shape index (κ2) is 6.24. The zero-order chi connectivity index (χ0) is 15.7. The van der Waals surface area contributed by atoms with E-state index in [1.807, 2.05) is 6.92 Å². The van der Waals surface area contributed by atoms with E-state index in [4.69, 9.17) is 5.11 Å². The summed E-state index contributed by atoms with van der Waals surface area (Å²) in [5.74, 6) is -0.448. The van der Waals surface area contributed by atoms with Crippen LogP contribution in [0, 0.1) is 11.8 Å². The smallest absolute Gasteiger partial charge is 0.317 e. The van der Waals surface area contributed by atoms with Crippen LogP contribution in [-0.2, 0) is 11.3 Å². The van der Waals surface area contributed by atoms with Crippen molar-refractivity contribution in [3.63, 3.8) is 0 Å². The maximum absolute atomic E-state index is 12.2. The van der Waals surface area contributed by atoms with E-state index in [1.165, 1.54) is 12.8 Å². The molecule has 1 aliphatic carbocycles. The highest BCUT2D eigenvalue weighted by Crippen LogP contribution is 2.40. The lowest BCUT2D eigenvalue weighted by Crippen LogP contribution is -2.49. The monoisotopic (exact) mass is 323 g/mol. The fraction of sp³-hybridized carbons (Fsp3) is 0.667. The Bertz CT molecular complexity index is 570. The van der Waals surface area contributed by atoms with Gasteiger partial charge < -0.3 is 15.3 Å². The summed E-state index contributed by atoms with van der Waals surface area (Å²) in [7, 11) is 0. The van der Waals surface area contributed by atoms with E-state index in [0.29, 0.717) is 25.4 Å². The van der Waals surface area contributed by atoms with Crippen LogP contribution < -0.4 is 5.32 Å². The SMILES string of the molecule is CC1CC(C(=O)O)CN(C(=O)NCc2nc(C3CC3)cs2)C1. The third-order valence-electron chi connectivity index (χ3n) is 4.25. The molecule has 2 unspecified atom stereocenters. The molecule has 2 fully saturated rings. The molecular formula is C15H21N3O3S. The Morgan fingerprint density at radius 3 is 2.91 bits per heavy atom. The second-order valence-electron chi connectivity index (χ2n) is 6.38. The molecule has 0 aromatic carbocycles. The number of carbonyl (C=O) groups excluding carboxylic acids is 1. The molecule has 1 aliphatic heterocycles. The first-order valence-corrected chi connectivity index (χ1v) is 8.60. The molecule has 3 rings (SSSR count). The number of rotatable bonds is 4. The minimum Gasteiger partial charge on any atom is -0.481 e. The van der Waals surface area contributed by atoms with Crippen LogP contribution in [-0.4, -0.2) is 40.1 Å². The Labute approximate surface area is 133 Å². The molecule has 2 amide bonds. The summed E-state index contributed by atoms with van der Waals surface area (Å²) in [6, 6.07) is -0.194. The molecule has 0 spiro atoms. The Hall–Kier alpha value is -1.63. The Kier molecular flexibility index (Phi) is 4.33. The van der Waals surface area contributed by atoms with Gasteiger partial charge in [0.2, 0.25) is 0 Å². The molecule has 0 bridgehead atoms. The Balaban J connectivity index is 1.52. The topological polar surface area (TPSA) is 82.5 Å². The summed E-state index contributed by atoms with van der Waals surface area (Å²) in [5, 5.41) is 15.0. The van der Waals surface area contributed by atoms with Gasteiger partial charge in [-0.1, -0.05) is 6.92 Å². The van der Waals surface area contributed by atoms with E-state index in [1.54, 1.807) is 16.2 Å². The van der Waals surface area contributed by atoms with Crippen LogP contribution in [0.25, 0.3) is 0 Å². The van der Waals surface area contributed by atoms with Crippen molar-refractivity contribution in [1.82, 2.24) is 15.2 Å². The van der Waals surface area contributed by atoms with Gasteiger partial charge in [-0.15, -0.1) is 11.3 Å². The number of urea groups is 1. The lowest BCUT2D eigenvalue weighted by molar-refractivity contribution is -0.143. The summed E-state index contributed by atoms with van der Waals surface area (Å²) in [4.78, 5) is 29.5. The molecule has 1 saturated heterocycles. The Morgan fingerprint density at radius 2 is 2.23 bits per heavy atom. The van der Waals surface area contributed by atoms with E-state index in [9.17, 15) is 9.59 Å². The number of nitrogens with one attached hydrogen (secondary N) is 1. The number of carboxylic acids is 1. The van der Waals surface area contributed by atoms with Crippen molar-refractivity contribution in [3.8, 4) is 0 Å². The van der Waals surface area contributed by atoms with Gasteiger partial charge in [0, 0.05) is 24.4 Å². The van der Waals surface area contributed by atoms with Crippen LogP contribution >= 0.6 is 11.3 Å². The lowest BCUT2D eigenvalue weighted by Gasteiger charge is -2.34. The van der Waals surface area contributed by atoms with Crippen LogP contribution in [0.15, 0.2) is 5.38 Å². The summed E-state index contributed by atoms with van der Waals surface area (Å²) in [6.07, 6.45) is 3.08. The molecule has 6 nitrogen and oxygen atoms in total. The third-order valence-corrected chi connectivity index (χ3v) is 5.12. The van der Waals surface area contributed by atoms with Crippen LogP contribution in [0.2, 0.25) is 0 Å². The van der Waals surface area contributed by atoms with Crippen LogP contribution in [0.3, 0.4) is 0 Å². The second-order valence-corrected chi connectivity index (χ2v) is 7.32. The number of amides is 2. The predicted molar refractivity (Wildman–Crippen MR) is 82.8 cm³/mol. The van der Waals surface area contributed by atoms with Crippen molar-refractivity contribution < 1.29 is 14.7 Å². The lowest BCUT2D eigenvalue weighted by atomic mass is 9.91. The number of aromatic nitrogens is 1. The van der Waals surface area contributed by atoms with Crippen molar-refractivity contribution in [1.29, 1.82) is 0 Å². The summed E-state index contributed by atoms with van der Waals surface area (Å²) in [6.45, 7) is 3.30. The van der Waals surface area contributed by atoms with Gasteiger partial charge in [0.25, 0.3) is 0 Å². The first-order chi connectivity index (χ1) is 10.5. The molecule has 7 heteroatoms. The van der Waals surface area contributed by atoms with Crippen LogP contribution in [0.1, 0.15) is 42.8 Å². The number of hydrogen-bond acceptors (Lipinski definition) is 4. The molecule has 2 N–H and O–H groups in total. The highest BCUT2D eigenvalue weighted by Gasteiger charge is 2.32. The fourth-order valence-corrected chi connectivity index (χ4v) is 3.75. The molecule has 1 aromatic rings. The van der Waals surface area contributed by atoms with E-state index in [2.05, 4.69) is 15.7 Å². The molecule has 2 heterocycles. The van der Waals surface area contributed by atoms with Crippen LogP contribution in [0.5, 0.6) is 0 Å². The van der Waals surface area contributed by atoms with E-state index >= 15 is 0 Å². The van der Waals surface area contributed by atoms with Gasteiger partial charge in [-0.05, 0) is 25.2 Å². The minimum atomic E-state index is -0.821. The van der Waals surface area contributed by atoms with Gasteiger partial charge in [-0.25, -0.2) is 9.78 Å². The quantitative estimate of drug-likeness (QED) is 0.890. The molecule has 0 radical (unpaired) electrons. The normalized spacial score (nSPS) is 25.0. The average molecular weight is 323 g/mol. The van der Waals surface area contributed by atoms with Crippen LogP contribution in [0.4, 0.5) is 4.79 Å². The molecule has 120 valence electrons. The molecular weight excluding hydrogens is 302 g/mol. The van der Waals surface area contributed by atoms with Crippen molar-refractivity contribution in [2.45, 2.75) is 38.6 Å². The fourth-order valence-electron chi connectivity index (χ4n) is 2.93. The summed E-state index contributed by atoms with van der Waals surface area (Å²) < 4.78 is 0. The van der Waals surface area contributed by atoms with Crippen molar-refractivity contribution >= 4 is 23.3 Å². The zero-order valence-electron chi connectivity index (χ0n) is 12.6. The minimum absolute atomic E-state index is 0.194. The van der Waals surface area contributed by atoms with Crippen molar-refractivity contribution in [2.24, 2.45) is 11.8 Å². The van der Waals surface area contributed by atoms with Gasteiger partial charge in [0.15, 0.2) is 0 Å². The van der Waals surface area contributed by atoms with Gasteiger partial charge in [0.05, 0.1) is 18.2 Å². The Morgan fingerprint density at radius 1 is 1.45 bits per heavy atom. The number of aliphatic carboxylic acids is 1. The molecule has 2 atom stereocenters. The number of piperidine rings is 1. The number of thiazole rings is 1. The maximum Gasteiger partial charge on any atom is 0.317 e. The van der Waals surface area contributed by atoms with E-state index in [0.717, 1.165) is 10.7 Å². The van der Waals surface area contributed by atoms with Gasteiger partial charge in [-0.2, -0.15) is 0 Å². The average Bonchev–Trinajstić information content (AvgIpc) is 3.23. The highest BCUT2D eigenvalue weighted by atomic mass is 32.1. The van der Waals surface area contributed by atoms with Crippen molar-refractivity contribution in [2.75, 3.05) is 13.1 Å². The summed E-state index contributed by atoms with van der Waals surface area (Å²) in [5.41, 5.74) is 1.15. The standard InChI is InChI=1S/C15H21N3O3S/c1-9-4-11(14(19)20)7-18(6-9)15(21)16-5-13-17-12(8-22-13)10-2-3-10/h8-11H,2-7H2,1H3,(H,16,21)(H,19,20). The van der Waals surface area contributed by atoms with Crippen molar-refractivity contribution in [3.05, 3.63) is 16.1 Å². The number of likely N-dealkylation sites (tertiary alicyclic amines) is 1. The molecule has 1 aromatic heterocycles. The predicted octanol–water partition coefficient (Wildman–Crippen LogP) is 2.27. The van der Waals surface area contributed by atoms with Gasteiger partial charge in [0.1, 0.15) is 5.01 Å². The van der Waals surface area contributed by atoms with Gasteiger partial charge >= 0.3 is 12.0 Å². The molecule has 2 aliphatic rings. The zero-order valence-corrected chi connectivity index (χ0v) is 13.4. The number of nitrogens with zero attached hydrogens (tertiary/aromatic N) is 2. The first kappa shape index (κ1) is 15.3. The number of carboxylic acid groups (broad SMARTS) is 1. The van der Waals surface area contributed by atoms with E-state index < -0.39 is 11.9 Å². The summed E-state index contributed by atoms with van der Waals surface area (Å²) >= 11 is 1.57. The largest absolute Gasteiger partial charge is 0.481 e. The highest BCUT2D eigenvalue weighted by molar-refractivity contribution is 7.09.